The van der Waals surface area contributed by atoms with Gasteiger partial charge in [0.15, 0.2) is 0 Å². The van der Waals surface area contributed by atoms with Crippen LogP contribution in [-0.2, 0) is 17.9 Å². The molecule has 0 N–H and O–H groups in total. The van der Waals surface area contributed by atoms with Gasteiger partial charge >= 0.3 is 0 Å². The average molecular weight is 272 g/mol. The summed E-state index contributed by atoms with van der Waals surface area (Å²) in [6.07, 6.45) is 6.36. The van der Waals surface area contributed by atoms with E-state index in [-0.39, 0.29) is 12.2 Å². The van der Waals surface area contributed by atoms with Gasteiger partial charge < -0.3 is 14.2 Å². The van der Waals surface area contributed by atoms with Crippen molar-refractivity contribution >= 4 is 0 Å². The maximum atomic E-state index is 12.5. The first kappa shape index (κ1) is 13.4. The second-order valence-corrected chi connectivity index (χ2v) is 5.92. The zero-order chi connectivity index (χ0) is 14.1. The Labute approximate surface area is 119 Å². The summed E-state index contributed by atoms with van der Waals surface area (Å²) in [5.74, 6) is 3.50. The molecule has 106 valence electrons. The van der Waals surface area contributed by atoms with Crippen LogP contribution >= 0.6 is 0 Å². The van der Waals surface area contributed by atoms with Crippen molar-refractivity contribution in [2.24, 2.45) is 5.92 Å². The lowest BCUT2D eigenvalue weighted by molar-refractivity contribution is 0.139. The summed E-state index contributed by atoms with van der Waals surface area (Å²) in [6.45, 7) is 3.51. The summed E-state index contributed by atoms with van der Waals surface area (Å²) < 4.78 is 7.25. The molecule has 3 rings (SSSR count). The predicted molar refractivity (Wildman–Crippen MR) is 77.5 cm³/mol. The molecule has 0 radical (unpaired) electrons. The molecule has 3 heterocycles. The summed E-state index contributed by atoms with van der Waals surface area (Å²) in [5.41, 5.74) is 1.98. The van der Waals surface area contributed by atoms with Gasteiger partial charge in [0, 0.05) is 36.8 Å². The van der Waals surface area contributed by atoms with E-state index in [1.807, 2.05) is 10.6 Å². The number of fused-ring (bicyclic) bond motifs is 4. The van der Waals surface area contributed by atoms with E-state index < -0.39 is 0 Å². The van der Waals surface area contributed by atoms with Crippen molar-refractivity contribution in [3.05, 3.63) is 33.7 Å². The Morgan fingerprint density at radius 3 is 3.05 bits per heavy atom. The molecule has 2 atom stereocenters. The van der Waals surface area contributed by atoms with Gasteiger partial charge in [0.2, 0.25) is 0 Å². The van der Waals surface area contributed by atoms with Crippen LogP contribution in [-0.4, -0.2) is 36.2 Å². The molecule has 2 aliphatic rings. The topological polar surface area (TPSA) is 34.5 Å². The molecule has 1 fully saturated rings. The predicted octanol–water partition coefficient (Wildman–Crippen LogP) is 1.05. The smallest absolute Gasteiger partial charge is 0.256 e. The third-order valence-corrected chi connectivity index (χ3v) is 4.31. The quantitative estimate of drug-likeness (QED) is 0.609. The van der Waals surface area contributed by atoms with Crippen molar-refractivity contribution in [3.8, 4) is 12.3 Å². The SMILES string of the molecule is C#CCOCc1ccc2n(c1=O)C[C@H]1C[C@@H]2CN(C)C1. The van der Waals surface area contributed by atoms with E-state index in [9.17, 15) is 4.79 Å². The highest BCUT2D eigenvalue weighted by Gasteiger charge is 2.33. The van der Waals surface area contributed by atoms with Gasteiger partial charge in [-0.2, -0.15) is 0 Å². The number of terminal acetylenes is 1. The molecule has 0 aliphatic carbocycles. The fraction of sp³-hybridized carbons (Fsp3) is 0.562. The second-order valence-electron chi connectivity index (χ2n) is 5.92. The maximum absolute atomic E-state index is 12.5. The van der Waals surface area contributed by atoms with Gasteiger partial charge in [-0.25, -0.2) is 0 Å². The number of ether oxygens (including phenoxy) is 1. The molecule has 0 spiro atoms. The lowest BCUT2D eigenvalue weighted by Gasteiger charge is -2.41. The molecule has 2 bridgehead atoms. The highest BCUT2D eigenvalue weighted by Crippen LogP contribution is 2.34. The van der Waals surface area contributed by atoms with Gasteiger partial charge in [-0.15, -0.1) is 6.42 Å². The molecule has 0 unspecified atom stereocenters. The molecule has 4 nitrogen and oxygen atoms in total. The van der Waals surface area contributed by atoms with Crippen molar-refractivity contribution in [3.63, 3.8) is 0 Å². The summed E-state index contributed by atoms with van der Waals surface area (Å²) in [7, 11) is 2.16. The van der Waals surface area contributed by atoms with Gasteiger partial charge in [-0.05, 0) is 31.5 Å². The Kier molecular flexibility index (Phi) is 3.64. The first-order valence-electron chi connectivity index (χ1n) is 7.11. The monoisotopic (exact) mass is 272 g/mol. The first-order chi connectivity index (χ1) is 9.69. The Morgan fingerprint density at radius 1 is 1.40 bits per heavy atom. The fourth-order valence-corrected chi connectivity index (χ4v) is 3.56. The molecule has 1 saturated heterocycles. The molecule has 1 aromatic heterocycles. The van der Waals surface area contributed by atoms with E-state index in [4.69, 9.17) is 11.2 Å². The molecule has 0 saturated carbocycles. The molecule has 20 heavy (non-hydrogen) atoms. The van der Waals surface area contributed by atoms with E-state index in [0.717, 1.165) is 19.6 Å². The molecule has 0 amide bonds. The number of rotatable bonds is 3. The molecule has 4 heteroatoms. The molecule has 1 aromatic rings. The third kappa shape index (κ3) is 2.39. The third-order valence-electron chi connectivity index (χ3n) is 4.31. The minimum atomic E-state index is 0.0961. The van der Waals surface area contributed by atoms with Gasteiger partial charge in [0.25, 0.3) is 5.56 Å². The molecular weight excluding hydrogens is 252 g/mol. The lowest BCUT2D eigenvalue weighted by atomic mass is 9.83. The van der Waals surface area contributed by atoms with Gasteiger partial charge in [-0.3, -0.25) is 4.79 Å². The normalized spacial score (nSPS) is 25.0. The largest absolute Gasteiger partial charge is 0.364 e. The second kappa shape index (κ2) is 5.43. The molecule has 2 aliphatic heterocycles. The van der Waals surface area contributed by atoms with Crippen molar-refractivity contribution < 1.29 is 4.74 Å². The Morgan fingerprint density at radius 2 is 2.25 bits per heavy atom. The number of nitrogens with zero attached hydrogens (tertiary/aromatic N) is 2. The van der Waals surface area contributed by atoms with E-state index >= 15 is 0 Å². The number of likely N-dealkylation sites (N-methyl/N-ethyl adjacent to an activating group) is 1. The highest BCUT2D eigenvalue weighted by atomic mass is 16.5. The van der Waals surface area contributed by atoms with Crippen LogP contribution in [0.1, 0.15) is 23.6 Å². The van der Waals surface area contributed by atoms with Gasteiger partial charge in [0.05, 0.1) is 6.61 Å². The zero-order valence-electron chi connectivity index (χ0n) is 11.8. The van der Waals surface area contributed by atoms with E-state index in [1.54, 1.807) is 0 Å². The number of piperidine rings is 1. The Bertz CT molecular complexity index is 599. The lowest BCUT2D eigenvalue weighted by Crippen LogP contribution is -2.46. The molecule has 0 aromatic carbocycles. The summed E-state index contributed by atoms with van der Waals surface area (Å²) >= 11 is 0. The number of pyridine rings is 1. The van der Waals surface area contributed by atoms with Crippen molar-refractivity contribution in [2.75, 3.05) is 26.7 Å². The number of hydrogen-bond acceptors (Lipinski definition) is 3. The number of likely N-dealkylation sites (tertiary alicyclic amines) is 1. The Balaban J connectivity index is 1.90. The van der Waals surface area contributed by atoms with Crippen LogP contribution in [0.2, 0.25) is 0 Å². The van der Waals surface area contributed by atoms with Crippen LogP contribution in [0.5, 0.6) is 0 Å². The van der Waals surface area contributed by atoms with Gasteiger partial charge in [0.1, 0.15) is 6.61 Å². The summed E-state index contributed by atoms with van der Waals surface area (Å²) in [4.78, 5) is 14.9. The first-order valence-corrected chi connectivity index (χ1v) is 7.11. The van der Waals surface area contributed by atoms with Crippen LogP contribution in [0, 0.1) is 18.3 Å². The van der Waals surface area contributed by atoms with Crippen molar-refractivity contribution in [1.29, 1.82) is 0 Å². The summed E-state index contributed by atoms with van der Waals surface area (Å²) in [5, 5.41) is 0. The van der Waals surface area contributed by atoms with E-state index in [0.29, 0.717) is 24.0 Å². The summed E-state index contributed by atoms with van der Waals surface area (Å²) in [6, 6.07) is 4.00. The molecular formula is C16H20N2O2. The standard InChI is InChI=1S/C16H20N2O2/c1-3-6-20-11-13-4-5-15-14-7-12(8-17(2)10-14)9-18(15)16(13)19/h1,4-5,12,14H,6-11H2,2H3/t12-,14+/m0/s1. The number of hydrogen-bond donors (Lipinski definition) is 0. The van der Waals surface area contributed by atoms with Crippen LogP contribution in [0.15, 0.2) is 16.9 Å². The average Bonchev–Trinajstić information content (AvgIpc) is 2.42. The van der Waals surface area contributed by atoms with E-state index in [2.05, 4.69) is 23.9 Å². The maximum Gasteiger partial charge on any atom is 0.256 e. The zero-order valence-corrected chi connectivity index (χ0v) is 11.8. The Hall–Kier alpha value is -1.57. The fourth-order valence-electron chi connectivity index (χ4n) is 3.56. The van der Waals surface area contributed by atoms with Crippen LogP contribution in [0.3, 0.4) is 0 Å². The van der Waals surface area contributed by atoms with Crippen molar-refractivity contribution in [1.82, 2.24) is 9.47 Å². The van der Waals surface area contributed by atoms with Crippen LogP contribution < -0.4 is 5.56 Å². The van der Waals surface area contributed by atoms with Crippen LogP contribution in [0.4, 0.5) is 0 Å². The van der Waals surface area contributed by atoms with Gasteiger partial charge in [-0.1, -0.05) is 5.92 Å². The van der Waals surface area contributed by atoms with Crippen LogP contribution in [0.25, 0.3) is 0 Å². The number of aromatic nitrogens is 1. The minimum absolute atomic E-state index is 0.0961. The van der Waals surface area contributed by atoms with Crippen molar-refractivity contribution in [2.45, 2.75) is 25.5 Å². The van der Waals surface area contributed by atoms with E-state index in [1.165, 1.54) is 12.1 Å². The highest BCUT2D eigenvalue weighted by molar-refractivity contribution is 5.22. The minimum Gasteiger partial charge on any atom is -0.364 e.